The fraction of sp³-hybridized carbons (Fsp3) is 0.789. The number of carbonyl (C=O) groups is 4. The van der Waals surface area contributed by atoms with E-state index in [1.54, 1.807) is 4.90 Å². The fourth-order valence-corrected chi connectivity index (χ4v) is 4.42. The van der Waals surface area contributed by atoms with Crippen LogP contribution in [0.5, 0.6) is 0 Å². The summed E-state index contributed by atoms with van der Waals surface area (Å²) in [5.41, 5.74) is 0. The van der Waals surface area contributed by atoms with Crippen molar-refractivity contribution in [2.24, 2.45) is 11.8 Å². The zero-order valence-corrected chi connectivity index (χ0v) is 16.2. The van der Waals surface area contributed by atoms with Gasteiger partial charge in [0.25, 0.3) is 5.91 Å². The smallest absolute Gasteiger partial charge is 0.326 e. The van der Waals surface area contributed by atoms with Crippen LogP contribution in [-0.2, 0) is 28.7 Å². The van der Waals surface area contributed by atoms with Crippen LogP contribution in [0.2, 0.25) is 0 Å². The normalized spacial score (nSPS) is 32.3. The first-order valence-corrected chi connectivity index (χ1v) is 9.77. The predicted octanol–water partition coefficient (Wildman–Crippen LogP) is 0.729. The average molecular weight is 380 g/mol. The van der Waals surface area contributed by atoms with Crippen LogP contribution in [0, 0.1) is 11.8 Å². The van der Waals surface area contributed by atoms with Crippen molar-refractivity contribution in [3.8, 4) is 0 Å². The maximum atomic E-state index is 12.5. The third-order valence-electron chi connectivity index (χ3n) is 5.61. The molecule has 8 heteroatoms. The molecule has 3 fully saturated rings. The highest BCUT2D eigenvalue weighted by Gasteiger charge is 2.48. The largest absolute Gasteiger partial charge is 0.451 e. The van der Waals surface area contributed by atoms with Crippen molar-refractivity contribution in [3.05, 3.63) is 0 Å². The molecule has 1 saturated carbocycles. The third kappa shape index (κ3) is 4.15. The maximum absolute atomic E-state index is 12.5. The topological polar surface area (TPSA) is 93.2 Å². The number of carbonyl (C=O) groups excluding carboxylic acids is 4. The van der Waals surface area contributed by atoms with Crippen molar-refractivity contribution in [2.75, 3.05) is 19.6 Å². The summed E-state index contributed by atoms with van der Waals surface area (Å²) in [4.78, 5) is 52.3. The molecule has 8 nitrogen and oxygen atoms in total. The maximum Gasteiger partial charge on any atom is 0.326 e. The molecule has 3 rings (SSSR count). The summed E-state index contributed by atoms with van der Waals surface area (Å²) >= 11 is 0. The lowest BCUT2D eigenvalue weighted by Crippen LogP contribution is -2.51. The number of hydrogen-bond donors (Lipinski definition) is 0. The quantitative estimate of drug-likeness (QED) is 0.527. The molecule has 0 N–H and O–H groups in total. The SMILES string of the molecule is CC1CN(C(=O)C(C)OC(=O)CN2C(=O)C3CCCCC3C2=O)CC(C)O1. The molecule has 2 aliphatic heterocycles. The van der Waals surface area contributed by atoms with Crippen LogP contribution in [0.25, 0.3) is 0 Å². The Balaban J connectivity index is 1.55. The lowest BCUT2D eigenvalue weighted by molar-refractivity contribution is -0.166. The van der Waals surface area contributed by atoms with E-state index < -0.39 is 18.6 Å². The Bertz CT molecular complexity index is 602. The Labute approximate surface area is 159 Å². The predicted molar refractivity (Wildman–Crippen MR) is 94.3 cm³/mol. The molecule has 3 aliphatic rings. The molecule has 0 aromatic carbocycles. The minimum atomic E-state index is -0.968. The molecule has 0 aromatic rings. The first-order chi connectivity index (χ1) is 12.8. The van der Waals surface area contributed by atoms with E-state index in [2.05, 4.69) is 0 Å². The number of rotatable bonds is 4. The van der Waals surface area contributed by atoms with E-state index in [0.29, 0.717) is 25.9 Å². The fourth-order valence-electron chi connectivity index (χ4n) is 4.42. The van der Waals surface area contributed by atoms with Gasteiger partial charge in [0, 0.05) is 13.1 Å². The molecule has 5 atom stereocenters. The molecule has 1 aliphatic carbocycles. The van der Waals surface area contributed by atoms with Crippen LogP contribution in [-0.4, -0.2) is 71.4 Å². The second kappa shape index (κ2) is 7.96. The van der Waals surface area contributed by atoms with Crippen LogP contribution < -0.4 is 0 Å². The summed E-state index contributed by atoms with van der Waals surface area (Å²) in [6.07, 6.45) is 2.13. The zero-order chi connectivity index (χ0) is 19.7. The molecule has 0 aromatic heterocycles. The lowest BCUT2D eigenvalue weighted by atomic mass is 9.81. The molecule has 0 bridgehead atoms. The number of ether oxygens (including phenoxy) is 2. The number of likely N-dealkylation sites (tertiary alicyclic amines) is 1. The second-order valence-corrected chi connectivity index (χ2v) is 7.89. The van der Waals surface area contributed by atoms with Gasteiger partial charge in [-0.15, -0.1) is 0 Å². The summed E-state index contributed by atoms with van der Waals surface area (Å²) in [7, 11) is 0. The third-order valence-corrected chi connectivity index (χ3v) is 5.61. The van der Waals surface area contributed by atoms with Crippen LogP contribution in [0.3, 0.4) is 0 Å². The Kier molecular flexibility index (Phi) is 5.83. The van der Waals surface area contributed by atoms with Crippen LogP contribution in [0.4, 0.5) is 0 Å². The van der Waals surface area contributed by atoms with Gasteiger partial charge in [-0.2, -0.15) is 0 Å². The summed E-state index contributed by atoms with van der Waals surface area (Å²) in [5, 5.41) is 0. The highest BCUT2D eigenvalue weighted by Crippen LogP contribution is 2.37. The highest BCUT2D eigenvalue weighted by molar-refractivity contribution is 6.07. The molecule has 0 spiro atoms. The molecule has 0 radical (unpaired) electrons. The van der Waals surface area contributed by atoms with Gasteiger partial charge in [0.1, 0.15) is 6.54 Å². The van der Waals surface area contributed by atoms with Gasteiger partial charge in [0.2, 0.25) is 11.8 Å². The van der Waals surface area contributed by atoms with Crippen molar-refractivity contribution < 1.29 is 28.7 Å². The Morgan fingerprint density at radius 3 is 2.11 bits per heavy atom. The summed E-state index contributed by atoms with van der Waals surface area (Å²) in [6.45, 7) is 5.75. The molecule has 3 amide bonds. The van der Waals surface area contributed by atoms with Gasteiger partial charge in [0.15, 0.2) is 6.10 Å². The standard InChI is InChI=1S/C19H28N2O6/c1-11-8-20(9-12(2)26-11)17(23)13(3)27-16(22)10-21-18(24)14-6-4-5-7-15(14)19(21)25/h11-15H,4-10H2,1-3H3. The van der Waals surface area contributed by atoms with Gasteiger partial charge in [-0.3, -0.25) is 24.1 Å². The van der Waals surface area contributed by atoms with E-state index in [4.69, 9.17) is 9.47 Å². The number of fused-ring (bicyclic) bond motifs is 1. The summed E-state index contributed by atoms with van der Waals surface area (Å²) in [5.74, 6) is -2.18. The monoisotopic (exact) mass is 380 g/mol. The zero-order valence-electron chi connectivity index (χ0n) is 16.2. The average Bonchev–Trinajstić information content (AvgIpc) is 2.85. The number of nitrogens with zero attached hydrogens (tertiary/aromatic N) is 2. The van der Waals surface area contributed by atoms with Gasteiger partial charge < -0.3 is 14.4 Å². The minimum Gasteiger partial charge on any atom is -0.451 e. The number of hydrogen-bond acceptors (Lipinski definition) is 6. The van der Waals surface area contributed by atoms with Crippen molar-refractivity contribution in [3.63, 3.8) is 0 Å². The van der Waals surface area contributed by atoms with Gasteiger partial charge >= 0.3 is 5.97 Å². The molecule has 2 saturated heterocycles. The van der Waals surface area contributed by atoms with Gasteiger partial charge in [-0.05, 0) is 33.6 Å². The first kappa shape index (κ1) is 19.8. The van der Waals surface area contributed by atoms with E-state index in [1.165, 1.54) is 6.92 Å². The number of morpholine rings is 1. The van der Waals surface area contributed by atoms with Gasteiger partial charge in [-0.1, -0.05) is 12.8 Å². The Morgan fingerprint density at radius 1 is 1.07 bits per heavy atom. The number of amides is 3. The van der Waals surface area contributed by atoms with Crippen molar-refractivity contribution in [1.29, 1.82) is 0 Å². The Morgan fingerprint density at radius 2 is 1.59 bits per heavy atom. The summed E-state index contributed by atoms with van der Waals surface area (Å²) < 4.78 is 10.8. The molecular formula is C19H28N2O6. The van der Waals surface area contributed by atoms with Crippen molar-refractivity contribution in [2.45, 2.75) is 64.8 Å². The summed E-state index contributed by atoms with van der Waals surface area (Å²) in [6, 6.07) is 0. The first-order valence-electron chi connectivity index (χ1n) is 9.77. The highest BCUT2D eigenvalue weighted by atomic mass is 16.5. The van der Waals surface area contributed by atoms with Crippen LogP contribution >= 0.6 is 0 Å². The van der Waals surface area contributed by atoms with Crippen LogP contribution in [0.1, 0.15) is 46.5 Å². The van der Waals surface area contributed by atoms with Gasteiger partial charge in [0.05, 0.1) is 24.0 Å². The van der Waals surface area contributed by atoms with E-state index in [0.717, 1.165) is 17.7 Å². The molecule has 2 heterocycles. The molecule has 150 valence electrons. The van der Waals surface area contributed by atoms with E-state index >= 15 is 0 Å². The minimum absolute atomic E-state index is 0.0798. The number of esters is 1. The van der Waals surface area contributed by atoms with Crippen molar-refractivity contribution in [1.82, 2.24) is 9.80 Å². The molecular weight excluding hydrogens is 352 g/mol. The number of imide groups is 1. The van der Waals surface area contributed by atoms with Crippen LogP contribution in [0.15, 0.2) is 0 Å². The van der Waals surface area contributed by atoms with E-state index in [1.807, 2.05) is 13.8 Å². The van der Waals surface area contributed by atoms with E-state index in [-0.39, 0.29) is 41.8 Å². The second-order valence-electron chi connectivity index (χ2n) is 7.89. The molecule has 27 heavy (non-hydrogen) atoms. The Hall–Kier alpha value is -1.96. The van der Waals surface area contributed by atoms with Crippen molar-refractivity contribution >= 4 is 23.7 Å². The lowest BCUT2D eigenvalue weighted by Gasteiger charge is -2.36. The molecule has 5 unspecified atom stereocenters. The van der Waals surface area contributed by atoms with Gasteiger partial charge in [-0.25, -0.2) is 0 Å². The van der Waals surface area contributed by atoms with E-state index in [9.17, 15) is 19.2 Å².